The van der Waals surface area contributed by atoms with Gasteiger partial charge in [0.15, 0.2) is 0 Å². The van der Waals surface area contributed by atoms with Gasteiger partial charge in [-0.05, 0) is 44.2 Å². The third-order valence-corrected chi connectivity index (χ3v) is 4.03. The minimum absolute atomic E-state index is 0.0864. The third-order valence-electron chi connectivity index (χ3n) is 4.03. The average Bonchev–Trinajstić information content (AvgIpc) is 2.69. The Labute approximate surface area is 158 Å². The van der Waals surface area contributed by atoms with Crippen molar-refractivity contribution >= 4 is 17.5 Å². The van der Waals surface area contributed by atoms with Gasteiger partial charge in [0.25, 0.3) is 11.8 Å². The van der Waals surface area contributed by atoms with E-state index in [0.717, 1.165) is 5.75 Å². The highest BCUT2D eigenvalue weighted by molar-refractivity contribution is 6.05. The molecule has 1 aromatic carbocycles. The Balaban J connectivity index is 1.67. The van der Waals surface area contributed by atoms with Crippen LogP contribution in [0.1, 0.15) is 34.6 Å². The number of ether oxygens (including phenoxy) is 2. The first-order chi connectivity index (χ1) is 13.0. The van der Waals surface area contributed by atoms with Crippen LogP contribution in [0.2, 0.25) is 0 Å². The summed E-state index contributed by atoms with van der Waals surface area (Å²) in [7, 11) is 0. The fourth-order valence-electron chi connectivity index (χ4n) is 2.72. The van der Waals surface area contributed by atoms with Gasteiger partial charge in [0.1, 0.15) is 5.75 Å². The second-order valence-electron chi connectivity index (χ2n) is 6.51. The molecule has 1 N–H and O–H groups in total. The molecule has 2 heterocycles. The smallest absolute Gasteiger partial charge is 0.257 e. The minimum Gasteiger partial charge on any atom is -0.491 e. The number of pyridine rings is 1. The van der Waals surface area contributed by atoms with Gasteiger partial charge in [-0.2, -0.15) is 0 Å². The highest BCUT2D eigenvalue weighted by Crippen LogP contribution is 2.18. The van der Waals surface area contributed by atoms with E-state index in [1.165, 1.54) is 12.4 Å². The van der Waals surface area contributed by atoms with Crippen LogP contribution in [0.4, 0.5) is 5.69 Å². The van der Waals surface area contributed by atoms with E-state index in [1.807, 2.05) is 13.8 Å². The van der Waals surface area contributed by atoms with Crippen LogP contribution in [-0.4, -0.2) is 54.1 Å². The predicted octanol–water partition coefficient (Wildman–Crippen LogP) is 2.59. The summed E-state index contributed by atoms with van der Waals surface area (Å²) in [6.07, 6.45) is 3.01. The fraction of sp³-hybridized carbons (Fsp3) is 0.350. The number of nitrogens with zero attached hydrogens (tertiary/aromatic N) is 2. The summed E-state index contributed by atoms with van der Waals surface area (Å²) in [4.78, 5) is 30.8. The molecule has 1 fully saturated rings. The van der Waals surface area contributed by atoms with Crippen molar-refractivity contribution in [3.05, 3.63) is 53.9 Å². The van der Waals surface area contributed by atoms with Gasteiger partial charge >= 0.3 is 0 Å². The van der Waals surface area contributed by atoms with Gasteiger partial charge < -0.3 is 19.7 Å². The standard InChI is InChI=1S/C20H23N3O4/c1-14(2)27-18-5-3-17(4-6-18)22-19(24)15-11-16(13-21-12-15)20(25)23-7-9-26-10-8-23/h3-6,11-14H,7-10H2,1-2H3,(H,22,24). The largest absolute Gasteiger partial charge is 0.491 e. The summed E-state index contributed by atoms with van der Waals surface area (Å²) >= 11 is 0. The minimum atomic E-state index is -0.323. The van der Waals surface area contributed by atoms with Gasteiger partial charge in [-0.15, -0.1) is 0 Å². The quantitative estimate of drug-likeness (QED) is 0.876. The zero-order valence-electron chi connectivity index (χ0n) is 15.5. The summed E-state index contributed by atoms with van der Waals surface area (Å²) < 4.78 is 10.8. The van der Waals surface area contributed by atoms with E-state index in [4.69, 9.17) is 9.47 Å². The second-order valence-corrected chi connectivity index (χ2v) is 6.51. The normalized spacial score (nSPS) is 14.1. The molecular weight excluding hydrogens is 346 g/mol. The fourth-order valence-corrected chi connectivity index (χ4v) is 2.72. The Bertz CT molecular complexity index is 799. The zero-order valence-corrected chi connectivity index (χ0v) is 15.5. The van der Waals surface area contributed by atoms with E-state index in [0.29, 0.717) is 43.1 Å². The number of carbonyl (C=O) groups excluding carboxylic acids is 2. The monoisotopic (exact) mass is 369 g/mol. The molecule has 1 aromatic heterocycles. The van der Waals surface area contributed by atoms with E-state index < -0.39 is 0 Å². The molecule has 0 unspecified atom stereocenters. The van der Waals surface area contributed by atoms with Crippen LogP contribution in [0.15, 0.2) is 42.7 Å². The van der Waals surface area contributed by atoms with Crippen molar-refractivity contribution in [3.8, 4) is 5.75 Å². The third kappa shape index (κ3) is 5.04. The maximum atomic E-state index is 12.5. The number of hydrogen-bond acceptors (Lipinski definition) is 5. The van der Waals surface area contributed by atoms with E-state index in [9.17, 15) is 9.59 Å². The number of morpholine rings is 1. The maximum Gasteiger partial charge on any atom is 0.257 e. The van der Waals surface area contributed by atoms with E-state index in [2.05, 4.69) is 10.3 Å². The Hall–Kier alpha value is -2.93. The SMILES string of the molecule is CC(C)Oc1ccc(NC(=O)c2cncc(C(=O)N3CCOCC3)c2)cc1. The summed E-state index contributed by atoms with van der Waals surface area (Å²) in [5.41, 5.74) is 1.36. The molecule has 2 aromatic rings. The molecule has 0 aliphatic carbocycles. The van der Waals surface area contributed by atoms with Gasteiger partial charge in [-0.1, -0.05) is 0 Å². The van der Waals surface area contributed by atoms with Crippen LogP contribution in [0.25, 0.3) is 0 Å². The van der Waals surface area contributed by atoms with Crippen LogP contribution >= 0.6 is 0 Å². The number of benzene rings is 1. The molecule has 2 amide bonds. The van der Waals surface area contributed by atoms with E-state index >= 15 is 0 Å². The molecule has 27 heavy (non-hydrogen) atoms. The number of amides is 2. The number of aromatic nitrogens is 1. The molecule has 0 atom stereocenters. The molecule has 0 radical (unpaired) electrons. The lowest BCUT2D eigenvalue weighted by Crippen LogP contribution is -2.40. The van der Waals surface area contributed by atoms with Crippen LogP contribution < -0.4 is 10.1 Å². The van der Waals surface area contributed by atoms with Crippen molar-refractivity contribution < 1.29 is 19.1 Å². The van der Waals surface area contributed by atoms with Gasteiger partial charge in [0.05, 0.1) is 30.4 Å². The molecule has 0 spiro atoms. The molecule has 7 heteroatoms. The molecular formula is C20H23N3O4. The van der Waals surface area contributed by atoms with Crippen LogP contribution in [0, 0.1) is 0 Å². The first-order valence-electron chi connectivity index (χ1n) is 8.93. The van der Waals surface area contributed by atoms with E-state index in [-0.39, 0.29) is 17.9 Å². The highest BCUT2D eigenvalue weighted by atomic mass is 16.5. The van der Waals surface area contributed by atoms with Crippen LogP contribution in [0.3, 0.4) is 0 Å². The second kappa shape index (κ2) is 8.64. The number of carbonyl (C=O) groups is 2. The van der Waals surface area contributed by atoms with Crippen molar-refractivity contribution in [2.24, 2.45) is 0 Å². The summed E-state index contributed by atoms with van der Waals surface area (Å²) in [6, 6.07) is 8.70. The molecule has 1 aliphatic heterocycles. The molecule has 7 nitrogen and oxygen atoms in total. The van der Waals surface area contributed by atoms with Crippen LogP contribution in [-0.2, 0) is 4.74 Å². The van der Waals surface area contributed by atoms with E-state index in [1.54, 1.807) is 35.2 Å². The Morgan fingerprint density at radius 2 is 1.78 bits per heavy atom. The lowest BCUT2D eigenvalue weighted by Gasteiger charge is -2.26. The summed E-state index contributed by atoms with van der Waals surface area (Å²) in [5.74, 6) is 0.273. The van der Waals surface area contributed by atoms with Crippen molar-refractivity contribution in [3.63, 3.8) is 0 Å². The molecule has 0 bridgehead atoms. The molecule has 3 rings (SSSR count). The Morgan fingerprint density at radius 3 is 2.44 bits per heavy atom. The molecule has 1 aliphatic rings. The lowest BCUT2D eigenvalue weighted by molar-refractivity contribution is 0.0302. The lowest BCUT2D eigenvalue weighted by atomic mass is 10.1. The van der Waals surface area contributed by atoms with Crippen molar-refractivity contribution in [2.45, 2.75) is 20.0 Å². The number of hydrogen-bond donors (Lipinski definition) is 1. The van der Waals surface area contributed by atoms with Gasteiger partial charge in [-0.3, -0.25) is 14.6 Å². The first-order valence-corrected chi connectivity index (χ1v) is 8.93. The molecule has 142 valence electrons. The van der Waals surface area contributed by atoms with Crippen molar-refractivity contribution in [1.82, 2.24) is 9.88 Å². The first kappa shape index (κ1) is 18.8. The summed E-state index contributed by atoms with van der Waals surface area (Å²) in [6.45, 7) is 6.04. The Morgan fingerprint density at radius 1 is 1.11 bits per heavy atom. The van der Waals surface area contributed by atoms with Crippen LogP contribution in [0.5, 0.6) is 5.75 Å². The predicted molar refractivity (Wildman–Crippen MR) is 101 cm³/mol. The average molecular weight is 369 g/mol. The topological polar surface area (TPSA) is 80.8 Å². The van der Waals surface area contributed by atoms with Gasteiger partial charge in [0.2, 0.25) is 0 Å². The van der Waals surface area contributed by atoms with Crippen molar-refractivity contribution in [1.29, 1.82) is 0 Å². The summed E-state index contributed by atoms with van der Waals surface area (Å²) in [5, 5.41) is 2.81. The van der Waals surface area contributed by atoms with Gasteiger partial charge in [-0.25, -0.2) is 0 Å². The molecule has 1 saturated heterocycles. The van der Waals surface area contributed by atoms with Crippen molar-refractivity contribution in [2.75, 3.05) is 31.6 Å². The number of nitrogens with one attached hydrogen (secondary N) is 1. The number of rotatable bonds is 5. The van der Waals surface area contributed by atoms with Gasteiger partial charge in [0, 0.05) is 31.2 Å². The Kier molecular flexibility index (Phi) is 6.03. The zero-order chi connectivity index (χ0) is 19.2. The maximum absolute atomic E-state index is 12.5. The highest BCUT2D eigenvalue weighted by Gasteiger charge is 2.20. The molecule has 0 saturated carbocycles. The number of anilines is 1.